The van der Waals surface area contributed by atoms with Gasteiger partial charge in [0.15, 0.2) is 0 Å². The quantitative estimate of drug-likeness (QED) is 0.847. The largest absolute Gasteiger partial charge is 0.335 e. The van der Waals surface area contributed by atoms with Crippen LogP contribution in [0.1, 0.15) is 25.5 Å². The Kier molecular flexibility index (Phi) is 3.62. The molecule has 4 nitrogen and oxygen atoms in total. The third kappa shape index (κ3) is 2.49. The summed E-state index contributed by atoms with van der Waals surface area (Å²) >= 11 is 5.82. The molecule has 0 spiro atoms. The molecule has 0 saturated carbocycles. The Hall–Kier alpha value is -1.81. The fraction of sp³-hybridized carbons (Fsp3) is 0.286. The van der Waals surface area contributed by atoms with E-state index in [1.54, 1.807) is 42.0 Å². The van der Waals surface area contributed by atoms with E-state index in [9.17, 15) is 9.59 Å². The zero-order valence-electron chi connectivity index (χ0n) is 11.1. The van der Waals surface area contributed by atoms with Gasteiger partial charge in [0, 0.05) is 22.8 Å². The topological polar surface area (TPSA) is 44.0 Å². The van der Waals surface area contributed by atoms with Gasteiger partial charge in [-0.2, -0.15) is 0 Å². The highest BCUT2D eigenvalue weighted by Gasteiger charge is 2.12. The normalized spacial score (nSPS) is 11.0. The molecule has 0 fully saturated rings. The first-order valence-electron chi connectivity index (χ1n) is 6.02. The van der Waals surface area contributed by atoms with Crippen molar-refractivity contribution < 1.29 is 0 Å². The van der Waals surface area contributed by atoms with E-state index in [-0.39, 0.29) is 17.3 Å². The molecular weight excluding hydrogens is 264 g/mol. The summed E-state index contributed by atoms with van der Waals surface area (Å²) in [6.45, 7) is 5.50. The van der Waals surface area contributed by atoms with Gasteiger partial charge in [-0.25, -0.2) is 9.36 Å². The number of hydrogen-bond donors (Lipinski definition) is 0. The van der Waals surface area contributed by atoms with E-state index < -0.39 is 0 Å². The highest BCUT2D eigenvalue weighted by atomic mass is 35.5. The average Bonchev–Trinajstić information content (AvgIpc) is 2.36. The van der Waals surface area contributed by atoms with Gasteiger partial charge in [0.05, 0.1) is 5.69 Å². The van der Waals surface area contributed by atoms with E-state index in [2.05, 4.69) is 0 Å². The monoisotopic (exact) mass is 278 g/mol. The number of rotatable bonds is 2. The van der Waals surface area contributed by atoms with Crippen LogP contribution in [0.3, 0.4) is 0 Å². The number of aromatic nitrogens is 2. The molecule has 0 aliphatic carbocycles. The zero-order chi connectivity index (χ0) is 14.2. The summed E-state index contributed by atoms with van der Waals surface area (Å²) in [6, 6.07) is 6.63. The SMILES string of the molecule is Cc1cn(C(C)C)c(=O)n(-c2ccc(Cl)cc2)c1=O. The van der Waals surface area contributed by atoms with E-state index in [0.29, 0.717) is 16.3 Å². The van der Waals surface area contributed by atoms with Gasteiger partial charge in [-0.1, -0.05) is 11.6 Å². The van der Waals surface area contributed by atoms with Crippen molar-refractivity contribution in [2.45, 2.75) is 26.8 Å². The van der Waals surface area contributed by atoms with Crippen molar-refractivity contribution in [3.63, 3.8) is 0 Å². The summed E-state index contributed by atoms with van der Waals surface area (Å²) in [5.41, 5.74) is 0.415. The lowest BCUT2D eigenvalue weighted by atomic mass is 10.3. The maximum absolute atomic E-state index is 12.4. The lowest BCUT2D eigenvalue weighted by Gasteiger charge is -2.14. The molecule has 0 aliphatic heterocycles. The molecular formula is C14H15ClN2O2. The van der Waals surface area contributed by atoms with Crippen molar-refractivity contribution >= 4 is 11.6 Å². The molecule has 0 radical (unpaired) electrons. The van der Waals surface area contributed by atoms with E-state index in [1.165, 1.54) is 4.57 Å². The van der Waals surface area contributed by atoms with Gasteiger partial charge in [0.1, 0.15) is 0 Å². The van der Waals surface area contributed by atoms with Crippen LogP contribution < -0.4 is 11.2 Å². The minimum Gasteiger partial charge on any atom is -0.297 e. The molecule has 0 bridgehead atoms. The maximum Gasteiger partial charge on any atom is 0.335 e. The third-order valence-corrected chi connectivity index (χ3v) is 3.18. The number of aryl methyl sites for hydroxylation is 1. The number of hydrogen-bond acceptors (Lipinski definition) is 2. The van der Waals surface area contributed by atoms with Crippen LogP contribution in [0.5, 0.6) is 0 Å². The Labute approximate surface area is 115 Å². The smallest absolute Gasteiger partial charge is 0.297 e. The van der Waals surface area contributed by atoms with Gasteiger partial charge in [-0.15, -0.1) is 0 Å². The first-order chi connectivity index (χ1) is 8.91. The van der Waals surface area contributed by atoms with Crippen molar-refractivity contribution in [2.24, 2.45) is 0 Å². The molecule has 0 aliphatic rings. The van der Waals surface area contributed by atoms with Crippen LogP contribution in [0.25, 0.3) is 5.69 Å². The van der Waals surface area contributed by atoms with Crippen molar-refractivity contribution in [1.82, 2.24) is 9.13 Å². The van der Waals surface area contributed by atoms with Gasteiger partial charge < -0.3 is 0 Å². The van der Waals surface area contributed by atoms with Gasteiger partial charge in [-0.3, -0.25) is 9.36 Å². The minimum atomic E-state index is -0.340. The molecule has 1 aromatic heterocycles. The standard InChI is InChI=1S/C14H15ClN2O2/c1-9(2)16-8-10(3)13(18)17(14(16)19)12-6-4-11(15)5-7-12/h4-9H,1-3H3. The summed E-state index contributed by atoms with van der Waals surface area (Å²) in [7, 11) is 0. The molecule has 1 heterocycles. The maximum atomic E-state index is 12.4. The Morgan fingerprint density at radius 3 is 2.21 bits per heavy atom. The van der Waals surface area contributed by atoms with Crippen LogP contribution in [0.15, 0.2) is 40.1 Å². The lowest BCUT2D eigenvalue weighted by Crippen LogP contribution is -2.40. The molecule has 0 unspecified atom stereocenters. The highest BCUT2D eigenvalue weighted by Crippen LogP contribution is 2.11. The van der Waals surface area contributed by atoms with E-state index in [0.717, 1.165) is 0 Å². The lowest BCUT2D eigenvalue weighted by molar-refractivity contribution is 0.543. The summed E-state index contributed by atoms with van der Waals surface area (Å²) in [5, 5.41) is 0.564. The van der Waals surface area contributed by atoms with Gasteiger partial charge in [-0.05, 0) is 45.0 Å². The van der Waals surface area contributed by atoms with Crippen LogP contribution in [0.2, 0.25) is 5.02 Å². The van der Waals surface area contributed by atoms with Crippen molar-refractivity contribution in [3.05, 3.63) is 61.9 Å². The first kappa shape index (κ1) is 13.6. The molecule has 0 atom stereocenters. The van der Waals surface area contributed by atoms with Crippen LogP contribution in [0, 0.1) is 6.92 Å². The van der Waals surface area contributed by atoms with E-state index >= 15 is 0 Å². The molecule has 1 aromatic carbocycles. The van der Waals surface area contributed by atoms with Crippen LogP contribution in [-0.2, 0) is 0 Å². The van der Waals surface area contributed by atoms with Gasteiger partial charge >= 0.3 is 5.69 Å². The Bertz CT molecular complexity index is 712. The summed E-state index contributed by atoms with van der Waals surface area (Å²) < 4.78 is 2.72. The Morgan fingerprint density at radius 2 is 1.68 bits per heavy atom. The van der Waals surface area contributed by atoms with Crippen LogP contribution in [0.4, 0.5) is 0 Å². The summed E-state index contributed by atoms with van der Waals surface area (Å²) in [4.78, 5) is 24.5. The molecule has 0 N–H and O–H groups in total. The second-order valence-corrected chi connectivity index (χ2v) is 5.15. The van der Waals surface area contributed by atoms with Crippen molar-refractivity contribution in [1.29, 1.82) is 0 Å². The highest BCUT2D eigenvalue weighted by molar-refractivity contribution is 6.30. The van der Waals surface area contributed by atoms with Crippen molar-refractivity contribution in [3.8, 4) is 5.69 Å². The second-order valence-electron chi connectivity index (χ2n) is 4.71. The molecule has 0 amide bonds. The molecule has 2 aromatic rings. The fourth-order valence-corrected chi connectivity index (χ4v) is 2.01. The van der Waals surface area contributed by atoms with Gasteiger partial charge in [0.2, 0.25) is 0 Å². The molecule has 2 rings (SSSR count). The first-order valence-corrected chi connectivity index (χ1v) is 6.40. The number of halogens is 1. The van der Waals surface area contributed by atoms with Crippen molar-refractivity contribution in [2.75, 3.05) is 0 Å². The van der Waals surface area contributed by atoms with Crippen LogP contribution in [-0.4, -0.2) is 9.13 Å². The molecule has 0 saturated heterocycles. The third-order valence-electron chi connectivity index (χ3n) is 2.93. The average molecular weight is 279 g/mol. The number of benzene rings is 1. The Morgan fingerprint density at radius 1 is 1.11 bits per heavy atom. The van der Waals surface area contributed by atoms with E-state index in [4.69, 9.17) is 11.6 Å². The Balaban J connectivity index is 2.79. The predicted octanol–water partition coefficient (Wildman–Crippen LogP) is 2.54. The summed E-state index contributed by atoms with van der Waals surface area (Å²) in [5.74, 6) is 0. The van der Waals surface area contributed by atoms with Crippen LogP contribution >= 0.6 is 11.6 Å². The fourth-order valence-electron chi connectivity index (χ4n) is 1.89. The summed E-state index contributed by atoms with van der Waals surface area (Å²) in [6.07, 6.45) is 1.60. The molecule has 19 heavy (non-hydrogen) atoms. The molecule has 100 valence electrons. The minimum absolute atomic E-state index is 0.00893. The number of nitrogens with zero attached hydrogens (tertiary/aromatic N) is 2. The molecule has 5 heteroatoms. The zero-order valence-corrected chi connectivity index (χ0v) is 11.8. The predicted molar refractivity (Wildman–Crippen MR) is 76.4 cm³/mol. The van der Waals surface area contributed by atoms with Gasteiger partial charge in [0.25, 0.3) is 5.56 Å². The van der Waals surface area contributed by atoms with E-state index in [1.807, 2.05) is 13.8 Å². The second kappa shape index (κ2) is 5.05.